The van der Waals surface area contributed by atoms with Gasteiger partial charge in [-0.25, -0.2) is 4.79 Å². The second-order valence-corrected chi connectivity index (χ2v) is 6.58. The predicted molar refractivity (Wildman–Crippen MR) is 80.6 cm³/mol. The summed E-state index contributed by atoms with van der Waals surface area (Å²) in [4.78, 5) is 11.9. The van der Waals surface area contributed by atoms with Crippen molar-refractivity contribution >= 4 is 26.8 Å². The molecule has 4 nitrogen and oxygen atoms in total. The molecule has 0 aromatic heterocycles. The van der Waals surface area contributed by atoms with Crippen molar-refractivity contribution < 1.29 is 19.0 Å². The second kappa shape index (κ2) is 9.12. The van der Waals surface area contributed by atoms with E-state index in [1.165, 1.54) is 0 Å². The van der Waals surface area contributed by atoms with Gasteiger partial charge in [-0.1, -0.05) is 6.92 Å². The van der Waals surface area contributed by atoms with Crippen LogP contribution < -0.4 is 0 Å². The van der Waals surface area contributed by atoms with Gasteiger partial charge in [0.2, 0.25) is 0 Å². The first-order valence-corrected chi connectivity index (χ1v) is 7.67. The first-order chi connectivity index (χ1) is 8.69. The summed E-state index contributed by atoms with van der Waals surface area (Å²) in [6.07, 6.45) is -0.144. The summed E-state index contributed by atoms with van der Waals surface area (Å²) < 4.78 is 16.2. The molecular formula is C13H26ClO4P. The number of ether oxygens (including phenoxy) is 3. The van der Waals surface area contributed by atoms with Crippen molar-refractivity contribution in [3.63, 3.8) is 0 Å². The summed E-state index contributed by atoms with van der Waals surface area (Å²) in [5.41, 5.74) is -0.966. The Morgan fingerprint density at radius 3 is 2.32 bits per heavy atom. The Balaban J connectivity index is 4.09. The van der Waals surface area contributed by atoms with Crippen LogP contribution in [-0.2, 0) is 19.0 Å². The van der Waals surface area contributed by atoms with Gasteiger partial charge < -0.3 is 14.2 Å². The van der Waals surface area contributed by atoms with E-state index < -0.39 is 5.60 Å². The highest BCUT2D eigenvalue weighted by atomic mass is 35.5. The Kier molecular flexibility index (Phi) is 9.17. The van der Waals surface area contributed by atoms with Crippen LogP contribution in [0, 0.1) is 5.92 Å². The molecule has 4 atom stereocenters. The van der Waals surface area contributed by atoms with Gasteiger partial charge in [-0.3, -0.25) is 0 Å². The maximum atomic E-state index is 11.9. The summed E-state index contributed by atoms with van der Waals surface area (Å²) in [5, 5.41) is 0. The third-order valence-electron chi connectivity index (χ3n) is 2.38. The molecule has 0 heterocycles. The molecule has 0 bridgehead atoms. The zero-order valence-corrected chi connectivity index (χ0v) is 14.4. The molecule has 4 unspecified atom stereocenters. The molecule has 0 aliphatic carbocycles. The van der Waals surface area contributed by atoms with Crippen LogP contribution in [0.25, 0.3) is 0 Å². The third-order valence-corrected chi connectivity index (χ3v) is 3.06. The number of carbonyl (C=O) groups excluding carboxylic acids is 1. The number of halogens is 1. The van der Waals surface area contributed by atoms with Gasteiger partial charge in [0.05, 0.1) is 18.6 Å². The largest absolute Gasteiger partial charge is 0.461 e. The zero-order valence-electron chi connectivity index (χ0n) is 12.4. The maximum absolute atomic E-state index is 11.9. The molecule has 0 amide bonds. The Morgan fingerprint density at radius 1 is 1.26 bits per heavy atom. The van der Waals surface area contributed by atoms with Crippen LogP contribution in [0.4, 0.5) is 0 Å². The molecule has 19 heavy (non-hydrogen) atoms. The molecule has 6 heteroatoms. The molecule has 0 spiro atoms. The van der Waals surface area contributed by atoms with E-state index in [0.717, 1.165) is 0 Å². The van der Waals surface area contributed by atoms with Crippen molar-refractivity contribution in [2.45, 2.75) is 52.2 Å². The van der Waals surface area contributed by atoms with Crippen molar-refractivity contribution in [2.24, 2.45) is 5.92 Å². The van der Waals surface area contributed by atoms with Gasteiger partial charge in [-0.15, -0.1) is 20.8 Å². The Hall–Kier alpha value is 0.110. The SMILES string of the molecule is CC(CCl)COC(C)(C)C(=O)OCC(C)OC(C)P. The van der Waals surface area contributed by atoms with Crippen molar-refractivity contribution in [3.8, 4) is 0 Å². The van der Waals surface area contributed by atoms with Crippen LogP contribution in [0.2, 0.25) is 0 Å². The van der Waals surface area contributed by atoms with Gasteiger partial charge in [0.1, 0.15) is 6.61 Å². The molecule has 0 aliphatic rings. The van der Waals surface area contributed by atoms with E-state index in [2.05, 4.69) is 9.24 Å². The molecule has 0 N–H and O–H groups in total. The first kappa shape index (κ1) is 19.1. The molecule has 0 saturated heterocycles. The van der Waals surface area contributed by atoms with E-state index in [1.54, 1.807) is 13.8 Å². The molecule has 0 radical (unpaired) electrons. The van der Waals surface area contributed by atoms with Gasteiger partial charge in [-0.05, 0) is 33.6 Å². The van der Waals surface area contributed by atoms with E-state index >= 15 is 0 Å². The average molecular weight is 313 g/mol. The quantitative estimate of drug-likeness (QED) is 0.373. The number of hydrogen-bond donors (Lipinski definition) is 0. The standard InChI is InChI=1S/C13H26ClO4P/c1-9(6-14)7-17-13(4,5)12(15)16-8-10(2)18-11(3)19/h9-11H,6-8,19H2,1-5H3. The van der Waals surface area contributed by atoms with Gasteiger partial charge >= 0.3 is 5.97 Å². The predicted octanol–water partition coefficient (Wildman–Crippen LogP) is 2.83. The molecule has 0 rings (SSSR count). The van der Waals surface area contributed by atoms with E-state index in [0.29, 0.717) is 12.5 Å². The van der Waals surface area contributed by atoms with E-state index in [1.807, 2.05) is 20.8 Å². The lowest BCUT2D eigenvalue weighted by Crippen LogP contribution is -2.39. The van der Waals surface area contributed by atoms with E-state index in [-0.39, 0.29) is 30.4 Å². The number of hydrogen-bond acceptors (Lipinski definition) is 4. The third kappa shape index (κ3) is 8.80. The summed E-state index contributed by atoms with van der Waals surface area (Å²) in [6.45, 7) is 9.77. The van der Waals surface area contributed by atoms with Crippen molar-refractivity contribution in [3.05, 3.63) is 0 Å². The van der Waals surface area contributed by atoms with Gasteiger partial charge in [0, 0.05) is 5.88 Å². The molecule has 0 aromatic rings. The van der Waals surface area contributed by atoms with Crippen LogP contribution in [0.1, 0.15) is 34.6 Å². The Morgan fingerprint density at radius 2 is 1.84 bits per heavy atom. The van der Waals surface area contributed by atoms with Gasteiger partial charge in [0.15, 0.2) is 5.60 Å². The molecule has 0 saturated carbocycles. The highest BCUT2D eigenvalue weighted by Crippen LogP contribution is 2.15. The number of carbonyl (C=O) groups is 1. The summed E-state index contributed by atoms with van der Waals surface area (Å²) in [5.74, 6) is 0.347. The molecule has 0 fully saturated rings. The van der Waals surface area contributed by atoms with Crippen LogP contribution in [-0.4, -0.2) is 42.6 Å². The van der Waals surface area contributed by atoms with Crippen LogP contribution in [0.3, 0.4) is 0 Å². The van der Waals surface area contributed by atoms with Gasteiger partial charge in [-0.2, -0.15) is 0 Å². The topological polar surface area (TPSA) is 44.8 Å². The van der Waals surface area contributed by atoms with Gasteiger partial charge in [0.25, 0.3) is 0 Å². The van der Waals surface area contributed by atoms with Crippen LogP contribution in [0.5, 0.6) is 0 Å². The number of esters is 1. The highest BCUT2D eigenvalue weighted by Gasteiger charge is 2.31. The van der Waals surface area contributed by atoms with Crippen LogP contribution >= 0.6 is 20.8 Å². The highest BCUT2D eigenvalue weighted by molar-refractivity contribution is 7.17. The Labute approximate surface area is 123 Å². The summed E-state index contributed by atoms with van der Waals surface area (Å²) in [6, 6.07) is 0. The second-order valence-electron chi connectivity index (χ2n) is 5.33. The van der Waals surface area contributed by atoms with Crippen molar-refractivity contribution in [2.75, 3.05) is 19.1 Å². The zero-order chi connectivity index (χ0) is 15.1. The fourth-order valence-electron chi connectivity index (χ4n) is 1.23. The fourth-order valence-corrected chi connectivity index (χ4v) is 1.58. The normalized spacial score (nSPS) is 16.8. The summed E-state index contributed by atoms with van der Waals surface area (Å²) in [7, 11) is 2.53. The number of alkyl halides is 1. The molecule has 0 aliphatic heterocycles. The van der Waals surface area contributed by atoms with Crippen LogP contribution in [0.15, 0.2) is 0 Å². The lowest BCUT2D eigenvalue weighted by atomic mass is 10.1. The maximum Gasteiger partial charge on any atom is 0.337 e. The average Bonchev–Trinajstić information content (AvgIpc) is 2.32. The minimum atomic E-state index is -0.966. The molecular weight excluding hydrogens is 287 g/mol. The fraction of sp³-hybridized carbons (Fsp3) is 0.923. The van der Waals surface area contributed by atoms with Crippen molar-refractivity contribution in [1.29, 1.82) is 0 Å². The monoisotopic (exact) mass is 312 g/mol. The molecule has 114 valence electrons. The van der Waals surface area contributed by atoms with E-state index in [4.69, 9.17) is 25.8 Å². The van der Waals surface area contributed by atoms with Crippen molar-refractivity contribution in [1.82, 2.24) is 0 Å². The summed E-state index contributed by atoms with van der Waals surface area (Å²) >= 11 is 5.70. The first-order valence-electron chi connectivity index (χ1n) is 6.47. The molecule has 0 aromatic carbocycles. The lowest BCUT2D eigenvalue weighted by molar-refractivity contribution is -0.173. The minimum Gasteiger partial charge on any atom is -0.461 e. The smallest absolute Gasteiger partial charge is 0.337 e. The lowest BCUT2D eigenvalue weighted by Gasteiger charge is -2.25. The Bertz CT molecular complexity index is 271. The van der Waals surface area contributed by atoms with E-state index in [9.17, 15) is 4.79 Å². The number of rotatable bonds is 9. The minimum absolute atomic E-state index is 0.0301.